The molecule has 0 aliphatic rings. The van der Waals surface area contributed by atoms with E-state index in [1.165, 1.54) is 0 Å². The summed E-state index contributed by atoms with van der Waals surface area (Å²) in [6.45, 7) is 0.395. The van der Waals surface area contributed by atoms with Crippen molar-refractivity contribution in [2.45, 2.75) is 6.42 Å². The molecule has 0 spiro atoms. The number of halogens is 3. The smallest absolute Gasteiger partial charge is 0.150 e. The summed E-state index contributed by atoms with van der Waals surface area (Å²) in [5.74, 6) is -1.44. The van der Waals surface area contributed by atoms with E-state index in [0.717, 1.165) is 12.1 Å². The van der Waals surface area contributed by atoms with E-state index in [4.69, 9.17) is 16.7 Å². The predicted molar refractivity (Wildman–Crippen MR) is 51.6 cm³/mol. The highest BCUT2D eigenvalue weighted by atomic mass is 35.5. The van der Waals surface area contributed by atoms with Crippen LogP contribution in [0.2, 0.25) is 5.02 Å². The lowest BCUT2D eigenvalue weighted by Crippen LogP contribution is -2.06. The number of aliphatic hydroxyl groups is 1. The van der Waals surface area contributed by atoms with Crippen molar-refractivity contribution in [1.29, 1.82) is 0 Å². The molecule has 0 atom stereocenters. The van der Waals surface area contributed by atoms with Gasteiger partial charge in [-0.05, 0) is 12.5 Å². The van der Waals surface area contributed by atoms with Crippen LogP contribution in [0.25, 0.3) is 0 Å². The summed E-state index contributed by atoms with van der Waals surface area (Å²) >= 11 is 5.61. The summed E-state index contributed by atoms with van der Waals surface area (Å²) in [5.41, 5.74) is 0.0708. The van der Waals surface area contributed by atoms with Gasteiger partial charge in [0.1, 0.15) is 5.82 Å². The zero-order valence-electron chi connectivity index (χ0n) is 7.36. The molecular formula is C9H10ClF2NO. The SMILES string of the molecule is OCCCNc1c(F)cc(F)cc1Cl. The molecule has 0 aliphatic heterocycles. The zero-order chi connectivity index (χ0) is 10.6. The Hall–Kier alpha value is -0.870. The normalized spacial score (nSPS) is 10.3. The summed E-state index contributed by atoms with van der Waals surface area (Å²) in [5, 5.41) is 11.2. The minimum Gasteiger partial charge on any atom is -0.396 e. The van der Waals surface area contributed by atoms with Gasteiger partial charge >= 0.3 is 0 Å². The van der Waals surface area contributed by atoms with E-state index in [-0.39, 0.29) is 17.3 Å². The van der Waals surface area contributed by atoms with Crippen molar-refractivity contribution in [3.05, 3.63) is 28.8 Å². The zero-order valence-corrected chi connectivity index (χ0v) is 8.11. The van der Waals surface area contributed by atoms with E-state index >= 15 is 0 Å². The predicted octanol–water partition coefficient (Wildman–Crippen LogP) is 2.41. The van der Waals surface area contributed by atoms with E-state index in [0.29, 0.717) is 13.0 Å². The van der Waals surface area contributed by atoms with E-state index in [2.05, 4.69) is 5.32 Å². The number of benzene rings is 1. The number of anilines is 1. The van der Waals surface area contributed by atoms with E-state index in [1.54, 1.807) is 0 Å². The van der Waals surface area contributed by atoms with Crippen LogP contribution in [0.5, 0.6) is 0 Å². The molecule has 0 heterocycles. The first kappa shape index (κ1) is 11.2. The number of nitrogens with one attached hydrogen (secondary N) is 1. The van der Waals surface area contributed by atoms with Gasteiger partial charge in [-0.25, -0.2) is 8.78 Å². The average Bonchev–Trinajstić information content (AvgIpc) is 2.09. The van der Waals surface area contributed by atoms with Crippen LogP contribution < -0.4 is 5.32 Å². The monoisotopic (exact) mass is 221 g/mol. The third-order valence-electron chi connectivity index (χ3n) is 1.64. The second-order valence-electron chi connectivity index (χ2n) is 2.75. The van der Waals surface area contributed by atoms with Crippen LogP contribution >= 0.6 is 11.6 Å². The maximum absolute atomic E-state index is 13.1. The first-order valence-corrected chi connectivity index (χ1v) is 4.52. The Morgan fingerprint density at radius 1 is 1.36 bits per heavy atom. The first-order valence-electron chi connectivity index (χ1n) is 4.14. The Bertz CT molecular complexity index is 297. The third-order valence-corrected chi connectivity index (χ3v) is 1.94. The van der Waals surface area contributed by atoms with Crippen LogP contribution in [0.15, 0.2) is 12.1 Å². The molecule has 0 bridgehead atoms. The van der Waals surface area contributed by atoms with Gasteiger partial charge in [0.15, 0.2) is 5.82 Å². The average molecular weight is 222 g/mol. The van der Waals surface area contributed by atoms with Crippen molar-refractivity contribution in [3.8, 4) is 0 Å². The van der Waals surface area contributed by atoms with Crippen LogP contribution in [-0.2, 0) is 0 Å². The molecule has 78 valence electrons. The van der Waals surface area contributed by atoms with Gasteiger partial charge in [-0.15, -0.1) is 0 Å². The van der Waals surface area contributed by atoms with Gasteiger partial charge < -0.3 is 10.4 Å². The van der Waals surface area contributed by atoms with Crippen molar-refractivity contribution >= 4 is 17.3 Å². The molecular weight excluding hydrogens is 212 g/mol. The molecule has 0 radical (unpaired) electrons. The van der Waals surface area contributed by atoms with Gasteiger partial charge in [0.05, 0.1) is 10.7 Å². The minimum absolute atomic E-state index is 0.000407. The molecule has 0 saturated heterocycles. The lowest BCUT2D eigenvalue weighted by Gasteiger charge is -2.08. The Morgan fingerprint density at radius 3 is 2.64 bits per heavy atom. The largest absolute Gasteiger partial charge is 0.396 e. The Morgan fingerprint density at radius 2 is 2.07 bits per heavy atom. The molecule has 2 nitrogen and oxygen atoms in total. The molecule has 0 aliphatic carbocycles. The molecule has 5 heteroatoms. The van der Waals surface area contributed by atoms with Crippen molar-refractivity contribution in [2.24, 2.45) is 0 Å². The highest BCUT2D eigenvalue weighted by molar-refractivity contribution is 6.33. The van der Waals surface area contributed by atoms with Crippen LogP contribution in [0.4, 0.5) is 14.5 Å². The molecule has 0 fully saturated rings. The van der Waals surface area contributed by atoms with Gasteiger partial charge in [-0.1, -0.05) is 11.6 Å². The highest BCUT2D eigenvalue weighted by Gasteiger charge is 2.08. The maximum atomic E-state index is 13.1. The third kappa shape index (κ3) is 2.82. The summed E-state index contributed by atoms with van der Waals surface area (Å²) in [4.78, 5) is 0. The minimum atomic E-state index is -0.729. The Balaban J connectivity index is 2.75. The summed E-state index contributed by atoms with van der Waals surface area (Å²) < 4.78 is 25.7. The Labute approximate surface area is 85.5 Å². The van der Waals surface area contributed by atoms with Crippen LogP contribution in [0, 0.1) is 11.6 Å². The second-order valence-corrected chi connectivity index (χ2v) is 3.16. The van der Waals surface area contributed by atoms with E-state index in [1.807, 2.05) is 0 Å². The lowest BCUT2D eigenvalue weighted by molar-refractivity contribution is 0.292. The van der Waals surface area contributed by atoms with Crippen molar-refractivity contribution in [3.63, 3.8) is 0 Å². The van der Waals surface area contributed by atoms with Gasteiger partial charge in [0.25, 0.3) is 0 Å². The summed E-state index contributed by atoms with van der Waals surface area (Å²) in [6.07, 6.45) is 0.479. The lowest BCUT2D eigenvalue weighted by atomic mass is 10.3. The van der Waals surface area contributed by atoms with Crippen LogP contribution in [0.3, 0.4) is 0 Å². The molecule has 0 amide bonds. The molecule has 2 N–H and O–H groups in total. The number of rotatable bonds is 4. The Kier molecular flexibility index (Phi) is 4.10. The van der Waals surface area contributed by atoms with E-state index in [9.17, 15) is 8.78 Å². The van der Waals surface area contributed by atoms with Crippen molar-refractivity contribution in [1.82, 2.24) is 0 Å². The first-order chi connectivity index (χ1) is 6.65. The van der Waals surface area contributed by atoms with Gasteiger partial charge in [0, 0.05) is 19.2 Å². The van der Waals surface area contributed by atoms with Crippen molar-refractivity contribution < 1.29 is 13.9 Å². The fourth-order valence-electron chi connectivity index (χ4n) is 1.00. The quantitative estimate of drug-likeness (QED) is 0.766. The molecule has 14 heavy (non-hydrogen) atoms. The molecule has 0 unspecified atom stereocenters. The number of hydrogen-bond acceptors (Lipinski definition) is 2. The van der Waals surface area contributed by atoms with Gasteiger partial charge in [-0.2, -0.15) is 0 Å². The van der Waals surface area contributed by atoms with E-state index < -0.39 is 11.6 Å². The molecule has 1 aromatic carbocycles. The fourth-order valence-corrected chi connectivity index (χ4v) is 1.26. The maximum Gasteiger partial charge on any atom is 0.150 e. The standard InChI is InChI=1S/C9H10ClF2NO/c10-7-4-6(11)5-8(12)9(7)13-2-1-3-14/h4-5,13-14H,1-3H2. The van der Waals surface area contributed by atoms with Crippen LogP contribution in [-0.4, -0.2) is 18.3 Å². The topological polar surface area (TPSA) is 32.3 Å². The highest BCUT2D eigenvalue weighted by Crippen LogP contribution is 2.26. The molecule has 1 rings (SSSR count). The molecule has 0 aromatic heterocycles. The van der Waals surface area contributed by atoms with Gasteiger partial charge in [-0.3, -0.25) is 0 Å². The summed E-state index contributed by atoms with van der Waals surface area (Å²) in [6, 6.07) is 1.79. The number of hydrogen-bond donors (Lipinski definition) is 2. The van der Waals surface area contributed by atoms with Crippen LogP contribution in [0.1, 0.15) is 6.42 Å². The molecule has 1 aromatic rings. The molecule has 0 saturated carbocycles. The van der Waals surface area contributed by atoms with Crippen molar-refractivity contribution in [2.75, 3.05) is 18.5 Å². The number of aliphatic hydroxyl groups excluding tert-OH is 1. The summed E-state index contributed by atoms with van der Waals surface area (Å²) in [7, 11) is 0. The fraction of sp³-hybridized carbons (Fsp3) is 0.333. The van der Waals surface area contributed by atoms with Gasteiger partial charge in [0.2, 0.25) is 0 Å². The second kappa shape index (κ2) is 5.12.